The van der Waals surface area contributed by atoms with Crippen molar-refractivity contribution in [2.75, 3.05) is 6.61 Å². The molecule has 0 radical (unpaired) electrons. The fourth-order valence-electron chi connectivity index (χ4n) is 2.60. The van der Waals surface area contributed by atoms with Crippen molar-refractivity contribution in [3.8, 4) is 5.75 Å². The van der Waals surface area contributed by atoms with Gasteiger partial charge in [0.15, 0.2) is 0 Å². The summed E-state index contributed by atoms with van der Waals surface area (Å²) < 4.78 is 5.56. The van der Waals surface area contributed by atoms with E-state index in [0.29, 0.717) is 11.3 Å². The fourth-order valence-corrected chi connectivity index (χ4v) is 2.60. The van der Waals surface area contributed by atoms with Gasteiger partial charge in [0.2, 0.25) is 5.78 Å². The first kappa shape index (κ1) is 11.2. The summed E-state index contributed by atoms with van der Waals surface area (Å²) in [6.45, 7) is 0.741. The zero-order valence-corrected chi connectivity index (χ0v) is 10.7. The number of nitrogens with zero attached hydrogens (tertiary/aromatic N) is 1. The molecule has 1 aromatic heterocycles. The lowest BCUT2D eigenvalue weighted by molar-refractivity contribution is 0.103. The van der Waals surface area contributed by atoms with Gasteiger partial charge in [-0.15, -0.1) is 0 Å². The van der Waals surface area contributed by atoms with Crippen LogP contribution in [0.4, 0.5) is 0 Å². The van der Waals surface area contributed by atoms with E-state index in [-0.39, 0.29) is 5.78 Å². The van der Waals surface area contributed by atoms with Gasteiger partial charge in [-0.05, 0) is 34.5 Å². The van der Waals surface area contributed by atoms with Crippen LogP contribution < -0.4 is 4.74 Å². The predicted octanol–water partition coefficient (Wildman–Crippen LogP) is 2.73. The summed E-state index contributed by atoms with van der Waals surface area (Å²) in [4.78, 5) is 19.1. The normalized spacial score (nSPS) is 13.2. The molecule has 0 bridgehead atoms. The highest BCUT2D eigenvalue weighted by molar-refractivity contribution is 6.09. The molecule has 0 aliphatic carbocycles. The first-order valence-corrected chi connectivity index (χ1v) is 6.54. The van der Waals surface area contributed by atoms with E-state index >= 15 is 0 Å². The van der Waals surface area contributed by atoms with Crippen LogP contribution in [0, 0.1) is 0 Å². The van der Waals surface area contributed by atoms with Crippen LogP contribution in [0.5, 0.6) is 5.75 Å². The van der Waals surface area contributed by atoms with Crippen molar-refractivity contribution in [1.82, 2.24) is 9.97 Å². The van der Waals surface area contributed by atoms with Gasteiger partial charge in [0.1, 0.15) is 11.4 Å². The van der Waals surface area contributed by atoms with Gasteiger partial charge < -0.3 is 9.72 Å². The second-order valence-electron chi connectivity index (χ2n) is 4.90. The molecule has 2 aromatic carbocycles. The zero-order valence-electron chi connectivity index (χ0n) is 10.7. The lowest BCUT2D eigenvalue weighted by Crippen LogP contribution is -2.01. The summed E-state index contributed by atoms with van der Waals surface area (Å²) >= 11 is 0. The molecular formula is C16H12N2O2. The molecule has 0 atom stereocenters. The number of nitrogens with one attached hydrogen (secondary N) is 1. The van der Waals surface area contributed by atoms with Crippen molar-refractivity contribution < 1.29 is 9.53 Å². The van der Waals surface area contributed by atoms with Crippen LogP contribution >= 0.6 is 0 Å². The highest BCUT2D eigenvalue weighted by Crippen LogP contribution is 2.31. The topological polar surface area (TPSA) is 55.0 Å². The Morgan fingerprint density at radius 1 is 1.20 bits per heavy atom. The lowest BCUT2D eigenvalue weighted by atomic mass is 10.0. The quantitative estimate of drug-likeness (QED) is 0.724. The van der Waals surface area contributed by atoms with E-state index < -0.39 is 0 Å². The van der Waals surface area contributed by atoms with Crippen LogP contribution in [0.25, 0.3) is 10.8 Å². The van der Waals surface area contributed by atoms with E-state index in [1.165, 1.54) is 11.9 Å². The van der Waals surface area contributed by atoms with Crippen molar-refractivity contribution in [3.63, 3.8) is 0 Å². The standard InChI is InChI=1S/C16H12N2O2/c19-16(14-8-17-9-18-14)12-2-1-10-7-15-11(3-4-20-15)5-13(10)6-12/h1-2,5-9H,3-4H2,(H,17,18). The molecule has 1 aliphatic rings. The molecule has 0 amide bonds. The highest BCUT2D eigenvalue weighted by Gasteiger charge is 2.15. The molecule has 4 nitrogen and oxygen atoms in total. The fraction of sp³-hybridized carbons (Fsp3) is 0.125. The molecule has 1 N–H and O–H groups in total. The SMILES string of the molecule is O=C(c1ccc2cc3c(cc2c1)CCO3)c1c[nH]cn1. The number of hydrogen-bond donors (Lipinski definition) is 1. The van der Waals surface area contributed by atoms with Gasteiger partial charge in [0.05, 0.1) is 12.9 Å². The van der Waals surface area contributed by atoms with Crippen molar-refractivity contribution in [2.45, 2.75) is 6.42 Å². The third-order valence-corrected chi connectivity index (χ3v) is 3.64. The maximum atomic E-state index is 12.3. The average Bonchev–Trinajstić information content (AvgIpc) is 3.14. The summed E-state index contributed by atoms with van der Waals surface area (Å²) in [6, 6.07) is 9.86. The summed E-state index contributed by atoms with van der Waals surface area (Å²) in [5.74, 6) is 0.897. The van der Waals surface area contributed by atoms with Gasteiger partial charge in [-0.3, -0.25) is 4.79 Å². The first-order valence-electron chi connectivity index (χ1n) is 6.54. The summed E-state index contributed by atoms with van der Waals surface area (Å²) in [5, 5.41) is 2.15. The predicted molar refractivity (Wildman–Crippen MR) is 75.2 cm³/mol. The summed E-state index contributed by atoms with van der Waals surface area (Å²) in [5.41, 5.74) is 2.30. The molecule has 2 heterocycles. The molecule has 20 heavy (non-hydrogen) atoms. The minimum absolute atomic E-state index is 0.0649. The Morgan fingerprint density at radius 2 is 2.15 bits per heavy atom. The third-order valence-electron chi connectivity index (χ3n) is 3.64. The summed E-state index contributed by atoms with van der Waals surface area (Å²) in [6.07, 6.45) is 4.06. The number of imidazole rings is 1. The Balaban J connectivity index is 1.83. The van der Waals surface area contributed by atoms with Gasteiger partial charge in [-0.25, -0.2) is 4.98 Å². The van der Waals surface area contributed by atoms with Crippen molar-refractivity contribution >= 4 is 16.6 Å². The van der Waals surface area contributed by atoms with E-state index in [9.17, 15) is 4.79 Å². The van der Waals surface area contributed by atoms with Gasteiger partial charge in [-0.1, -0.05) is 12.1 Å². The number of rotatable bonds is 2. The van der Waals surface area contributed by atoms with E-state index in [2.05, 4.69) is 16.0 Å². The Kier molecular flexibility index (Phi) is 2.36. The Labute approximate surface area is 115 Å². The molecule has 4 rings (SSSR count). The molecule has 0 spiro atoms. The number of carbonyl (C=O) groups excluding carboxylic acids is 1. The van der Waals surface area contributed by atoms with Crippen LogP contribution in [0.3, 0.4) is 0 Å². The van der Waals surface area contributed by atoms with Gasteiger partial charge in [-0.2, -0.15) is 0 Å². The van der Waals surface area contributed by atoms with Crippen LogP contribution in [0.15, 0.2) is 42.9 Å². The number of H-pyrrole nitrogens is 1. The minimum atomic E-state index is -0.0649. The number of ether oxygens (including phenoxy) is 1. The van der Waals surface area contributed by atoms with E-state index in [1.807, 2.05) is 24.3 Å². The monoisotopic (exact) mass is 264 g/mol. The largest absolute Gasteiger partial charge is 0.493 e. The Bertz CT molecular complexity index is 807. The average molecular weight is 264 g/mol. The van der Waals surface area contributed by atoms with Crippen LogP contribution in [-0.4, -0.2) is 22.4 Å². The second-order valence-corrected chi connectivity index (χ2v) is 4.90. The third kappa shape index (κ3) is 1.69. The zero-order chi connectivity index (χ0) is 13.5. The smallest absolute Gasteiger partial charge is 0.212 e. The molecular weight excluding hydrogens is 252 g/mol. The highest BCUT2D eigenvalue weighted by atomic mass is 16.5. The van der Waals surface area contributed by atoms with Crippen molar-refractivity contribution in [1.29, 1.82) is 0 Å². The summed E-state index contributed by atoms with van der Waals surface area (Å²) in [7, 11) is 0. The number of aromatic nitrogens is 2. The molecule has 0 unspecified atom stereocenters. The number of ketones is 1. The number of hydrogen-bond acceptors (Lipinski definition) is 3. The first-order chi connectivity index (χ1) is 9.81. The van der Waals surface area contributed by atoms with E-state index in [4.69, 9.17) is 4.74 Å². The maximum absolute atomic E-state index is 12.3. The Morgan fingerprint density at radius 3 is 3.00 bits per heavy atom. The van der Waals surface area contributed by atoms with Crippen LogP contribution in [0.1, 0.15) is 21.6 Å². The van der Waals surface area contributed by atoms with Crippen molar-refractivity contribution in [2.24, 2.45) is 0 Å². The maximum Gasteiger partial charge on any atom is 0.212 e. The number of benzene rings is 2. The van der Waals surface area contributed by atoms with Gasteiger partial charge in [0, 0.05) is 18.2 Å². The van der Waals surface area contributed by atoms with E-state index in [0.717, 1.165) is 29.5 Å². The molecule has 3 aromatic rings. The van der Waals surface area contributed by atoms with Crippen LogP contribution in [-0.2, 0) is 6.42 Å². The number of carbonyl (C=O) groups is 1. The molecule has 0 fully saturated rings. The molecule has 4 heteroatoms. The van der Waals surface area contributed by atoms with Gasteiger partial charge in [0.25, 0.3) is 0 Å². The molecule has 98 valence electrons. The second kappa shape index (κ2) is 4.20. The van der Waals surface area contributed by atoms with Crippen molar-refractivity contribution in [3.05, 3.63) is 59.7 Å². The molecule has 0 saturated heterocycles. The van der Waals surface area contributed by atoms with Crippen LogP contribution in [0.2, 0.25) is 0 Å². The van der Waals surface area contributed by atoms with Gasteiger partial charge >= 0.3 is 0 Å². The lowest BCUT2D eigenvalue weighted by Gasteiger charge is -2.05. The molecule has 1 aliphatic heterocycles. The minimum Gasteiger partial charge on any atom is -0.493 e. The Hall–Kier alpha value is -2.62. The number of fused-ring (bicyclic) bond motifs is 2. The van der Waals surface area contributed by atoms with E-state index in [1.54, 1.807) is 6.20 Å². The molecule has 0 saturated carbocycles. The number of aromatic amines is 1.